The van der Waals surface area contributed by atoms with Crippen LogP contribution in [0.15, 0.2) is 48.8 Å². The number of nitrogens with zero attached hydrogens (tertiary/aromatic N) is 2. The summed E-state index contributed by atoms with van der Waals surface area (Å²) >= 11 is 1.86. The number of aromatic nitrogens is 1. The molecule has 0 fully saturated rings. The summed E-state index contributed by atoms with van der Waals surface area (Å²) in [4.78, 5) is 17.0. The highest BCUT2D eigenvalue weighted by Crippen LogP contribution is 2.41. The number of carbonyl (C=O) groups is 1. The molecular formula is C27H36N4O2S. The molecule has 0 bridgehead atoms. The van der Waals surface area contributed by atoms with Gasteiger partial charge in [-0.25, -0.2) is 4.79 Å². The number of carbonyl (C=O) groups excluding carboxylic acids is 1. The van der Waals surface area contributed by atoms with Gasteiger partial charge in [-0.2, -0.15) is 0 Å². The predicted molar refractivity (Wildman–Crippen MR) is 140 cm³/mol. The van der Waals surface area contributed by atoms with Gasteiger partial charge in [0.05, 0.1) is 18.3 Å². The van der Waals surface area contributed by atoms with E-state index in [9.17, 15) is 4.79 Å². The van der Waals surface area contributed by atoms with Gasteiger partial charge in [0.1, 0.15) is 10.8 Å². The van der Waals surface area contributed by atoms with Crippen LogP contribution in [0.2, 0.25) is 0 Å². The Balaban J connectivity index is 1.66. The number of para-hydroxylation sites is 2. The number of hydrogen-bond donors (Lipinski definition) is 2. The average Bonchev–Trinajstić information content (AvgIpc) is 3.45. The fourth-order valence-corrected chi connectivity index (χ4v) is 5.97. The van der Waals surface area contributed by atoms with Crippen molar-refractivity contribution in [2.24, 2.45) is 5.92 Å². The number of amides is 2. The van der Waals surface area contributed by atoms with Crippen molar-refractivity contribution < 1.29 is 9.53 Å². The minimum atomic E-state index is -0.202. The van der Waals surface area contributed by atoms with E-state index in [0.29, 0.717) is 24.0 Å². The Kier molecular flexibility index (Phi) is 7.95. The van der Waals surface area contributed by atoms with Crippen molar-refractivity contribution in [2.45, 2.75) is 52.6 Å². The van der Waals surface area contributed by atoms with Crippen molar-refractivity contribution in [3.63, 3.8) is 0 Å². The van der Waals surface area contributed by atoms with E-state index in [2.05, 4.69) is 65.5 Å². The molecule has 1 aromatic carbocycles. The number of fused-ring (bicyclic) bond motifs is 1. The second-order valence-electron chi connectivity index (χ2n) is 9.35. The lowest BCUT2D eigenvalue weighted by Crippen LogP contribution is -2.34. The third-order valence-corrected chi connectivity index (χ3v) is 7.48. The van der Waals surface area contributed by atoms with Crippen LogP contribution in [-0.4, -0.2) is 35.7 Å². The molecule has 1 atom stereocenters. The highest BCUT2D eigenvalue weighted by molar-refractivity contribution is 7.15. The Bertz CT molecular complexity index is 1090. The molecule has 0 aliphatic carbocycles. The molecule has 34 heavy (non-hydrogen) atoms. The lowest BCUT2D eigenvalue weighted by molar-refractivity contribution is 0.246. The Morgan fingerprint density at radius 2 is 1.91 bits per heavy atom. The summed E-state index contributed by atoms with van der Waals surface area (Å²) in [6.07, 6.45) is 7.14. The summed E-state index contributed by atoms with van der Waals surface area (Å²) in [7, 11) is 2.18. The van der Waals surface area contributed by atoms with Crippen molar-refractivity contribution in [1.82, 2.24) is 14.8 Å². The lowest BCUT2D eigenvalue weighted by atomic mass is 9.92. The number of rotatable bonds is 9. The molecule has 3 heterocycles. The monoisotopic (exact) mass is 480 g/mol. The molecular weight excluding hydrogens is 444 g/mol. The number of nitrogens with one attached hydrogen (secondary N) is 2. The van der Waals surface area contributed by atoms with E-state index in [4.69, 9.17) is 4.74 Å². The molecule has 0 unspecified atom stereocenters. The summed E-state index contributed by atoms with van der Waals surface area (Å²) < 4.78 is 7.90. The number of benzene rings is 1. The summed E-state index contributed by atoms with van der Waals surface area (Å²) in [5.41, 5.74) is 3.37. The Hall–Kier alpha value is -2.77. The molecule has 6 nitrogen and oxygen atoms in total. The SMILES string of the molecule is CCOc1ccccc1NC(=O)N[C@H](CCC(C)C)c1c(-n2cccc2)sc2c1CCN(C)C2. The van der Waals surface area contributed by atoms with Crippen LogP contribution in [0, 0.1) is 5.92 Å². The van der Waals surface area contributed by atoms with Gasteiger partial charge in [0, 0.05) is 35.9 Å². The first-order chi connectivity index (χ1) is 16.5. The zero-order valence-corrected chi connectivity index (χ0v) is 21.5. The number of thiophene rings is 1. The van der Waals surface area contributed by atoms with Crippen LogP contribution in [0.1, 0.15) is 55.7 Å². The van der Waals surface area contributed by atoms with Crippen molar-refractivity contribution >= 4 is 23.1 Å². The van der Waals surface area contributed by atoms with Crippen LogP contribution in [0.5, 0.6) is 5.75 Å². The standard InChI is InChI=1S/C27H36N4O2S/c1-5-33-23-11-7-6-10-21(23)28-27(32)29-22(13-12-19(2)3)25-20-14-17-30(4)18-24(20)34-26(25)31-15-8-9-16-31/h6-11,15-16,19,22H,5,12-14,17-18H2,1-4H3,(H2,28,29,32)/t22-/m1/s1. The number of anilines is 1. The highest BCUT2D eigenvalue weighted by Gasteiger charge is 2.29. The van der Waals surface area contributed by atoms with E-state index >= 15 is 0 Å². The molecule has 2 N–H and O–H groups in total. The normalized spacial score (nSPS) is 14.6. The van der Waals surface area contributed by atoms with Gasteiger partial charge in [0.25, 0.3) is 0 Å². The zero-order valence-electron chi connectivity index (χ0n) is 20.6. The largest absolute Gasteiger partial charge is 0.492 e. The van der Waals surface area contributed by atoms with Crippen molar-refractivity contribution in [1.29, 1.82) is 0 Å². The van der Waals surface area contributed by atoms with E-state index in [1.807, 2.05) is 42.5 Å². The Morgan fingerprint density at radius 1 is 1.15 bits per heavy atom. The van der Waals surface area contributed by atoms with Crippen molar-refractivity contribution in [3.8, 4) is 10.8 Å². The van der Waals surface area contributed by atoms with Gasteiger partial charge in [0.2, 0.25) is 0 Å². The molecule has 0 spiro atoms. The summed E-state index contributed by atoms with van der Waals surface area (Å²) in [5.74, 6) is 1.24. The summed E-state index contributed by atoms with van der Waals surface area (Å²) in [6.45, 7) is 8.96. The van der Waals surface area contributed by atoms with Gasteiger partial charge in [0.15, 0.2) is 0 Å². The van der Waals surface area contributed by atoms with Crippen LogP contribution in [0.25, 0.3) is 5.00 Å². The van der Waals surface area contributed by atoms with E-state index in [0.717, 1.165) is 32.4 Å². The van der Waals surface area contributed by atoms with Gasteiger partial charge >= 0.3 is 6.03 Å². The molecule has 3 aromatic rings. The van der Waals surface area contributed by atoms with Crippen LogP contribution in [-0.2, 0) is 13.0 Å². The topological polar surface area (TPSA) is 58.5 Å². The fourth-order valence-electron chi connectivity index (χ4n) is 4.52. The number of ether oxygens (including phenoxy) is 1. The third kappa shape index (κ3) is 5.65. The minimum Gasteiger partial charge on any atom is -0.492 e. The molecule has 0 saturated carbocycles. The average molecular weight is 481 g/mol. The van der Waals surface area contributed by atoms with Crippen LogP contribution < -0.4 is 15.4 Å². The molecule has 182 valence electrons. The maximum absolute atomic E-state index is 13.2. The molecule has 2 amide bonds. The number of hydrogen-bond acceptors (Lipinski definition) is 4. The first kappa shape index (κ1) is 24.4. The minimum absolute atomic E-state index is 0.0672. The van der Waals surface area contributed by atoms with E-state index in [1.165, 1.54) is 21.0 Å². The molecule has 1 aliphatic heterocycles. The Morgan fingerprint density at radius 3 is 2.65 bits per heavy atom. The second-order valence-corrected chi connectivity index (χ2v) is 10.4. The second kappa shape index (κ2) is 11.1. The van der Waals surface area contributed by atoms with Crippen molar-refractivity contribution in [2.75, 3.05) is 25.5 Å². The maximum atomic E-state index is 13.2. The first-order valence-corrected chi connectivity index (χ1v) is 13.0. The van der Waals surface area contributed by atoms with Gasteiger partial charge in [-0.15, -0.1) is 11.3 Å². The van der Waals surface area contributed by atoms with Crippen molar-refractivity contribution in [3.05, 3.63) is 64.8 Å². The van der Waals surface area contributed by atoms with Gasteiger partial charge in [-0.3, -0.25) is 0 Å². The van der Waals surface area contributed by atoms with E-state index in [-0.39, 0.29) is 12.1 Å². The van der Waals surface area contributed by atoms with Crippen LogP contribution in [0.3, 0.4) is 0 Å². The quantitative estimate of drug-likeness (QED) is 0.382. The molecule has 0 saturated heterocycles. The lowest BCUT2D eigenvalue weighted by Gasteiger charge is -2.26. The number of urea groups is 1. The van der Waals surface area contributed by atoms with Crippen LogP contribution >= 0.6 is 11.3 Å². The summed E-state index contributed by atoms with van der Waals surface area (Å²) in [6, 6.07) is 11.4. The molecule has 0 radical (unpaired) electrons. The number of likely N-dealkylation sites (N-methyl/N-ethyl adjacent to an activating group) is 1. The van der Waals surface area contributed by atoms with Gasteiger partial charge in [-0.1, -0.05) is 26.0 Å². The van der Waals surface area contributed by atoms with Gasteiger partial charge in [-0.05, 0) is 69.0 Å². The molecule has 2 aromatic heterocycles. The van der Waals surface area contributed by atoms with E-state index < -0.39 is 0 Å². The van der Waals surface area contributed by atoms with Crippen LogP contribution in [0.4, 0.5) is 10.5 Å². The predicted octanol–water partition coefficient (Wildman–Crippen LogP) is 6.22. The molecule has 7 heteroatoms. The van der Waals surface area contributed by atoms with E-state index in [1.54, 1.807) is 0 Å². The first-order valence-electron chi connectivity index (χ1n) is 12.2. The molecule has 4 rings (SSSR count). The molecule has 1 aliphatic rings. The zero-order chi connectivity index (χ0) is 24.1. The Labute approximate surface area is 206 Å². The highest BCUT2D eigenvalue weighted by atomic mass is 32.1. The fraction of sp³-hybridized carbons (Fsp3) is 0.444. The maximum Gasteiger partial charge on any atom is 0.319 e. The summed E-state index contributed by atoms with van der Waals surface area (Å²) in [5, 5.41) is 7.58. The third-order valence-electron chi connectivity index (χ3n) is 6.23. The van der Waals surface area contributed by atoms with Gasteiger partial charge < -0.3 is 24.8 Å². The smallest absolute Gasteiger partial charge is 0.319 e.